The molecule has 1 aliphatic heterocycles. The van der Waals surface area contributed by atoms with Gasteiger partial charge < -0.3 is 9.84 Å². The van der Waals surface area contributed by atoms with Crippen molar-refractivity contribution in [3.05, 3.63) is 52.1 Å². The SMILES string of the molecule is CC(C)=CCC/C(C)=C/CC[C@]1(C)C=Cc2c(cc(C)c(C=O)c2O)O1. The van der Waals surface area contributed by atoms with Crippen molar-refractivity contribution >= 4 is 12.4 Å². The number of ether oxygens (including phenoxy) is 1. The fourth-order valence-corrected chi connectivity index (χ4v) is 3.17. The summed E-state index contributed by atoms with van der Waals surface area (Å²) < 4.78 is 6.17. The summed E-state index contributed by atoms with van der Waals surface area (Å²) in [5.41, 5.74) is 3.99. The van der Waals surface area contributed by atoms with Gasteiger partial charge >= 0.3 is 0 Å². The summed E-state index contributed by atoms with van der Waals surface area (Å²) in [4.78, 5) is 11.1. The molecule has 0 aromatic heterocycles. The van der Waals surface area contributed by atoms with Crippen molar-refractivity contribution in [1.29, 1.82) is 0 Å². The summed E-state index contributed by atoms with van der Waals surface area (Å²) in [6.45, 7) is 10.3. The maximum absolute atomic E-state index is 11.1. The summed E-state index contributed by atoms with van der Waals surface area (Å²) in [5.74, 6) is 0.642. The number of rotatable bonds is 7. The molecule has 1 aromatic carbocycles. The van der Waals surface area contributed by atoms with Crippen molar-refractivity contribution in [3.8, 4) is 11.5 Å². The van der Waals surface area contributed by atoms with Crippen molar-refractivity contribution in [2.45, 2.75) is 65.9 Å². The van der Waals surface area contributed by atoms with Crippen LogP contribution < -0.4 is 4.74 Å². The Morgan fingerprint density at radius 2 is 1.96 bits per heavy atom. The Kier molecular flexibility index (Phi) is 6.47. The van der Waals surface area contributed by atoms with Crippen molar-refractivity contribution in [1.82, 2.24) is 0 Å². The average molecular weight is 354 g/mol. The van der Waals surface area contributed by atoms with Crippen LogP contribution in [0.15, 0.2) is 35.4 Å². The van der Waals surface area contributed by atoms with E-state index in [9.17, 15) is 9.90 Å². The molecule has 0 spiro atoms. The van der Waals surface area contributed by atoms with Gasteiger partial charge in [-0.1, -0.05) is 23.3 Å². The van der Waals surface area contributed by atoms with Crippen LogP contribution in [-0.4, -0.2) is 17.0 Å². The topological polar surface area (TPSA) is 46.5 Å². The van der Waals surface area contributed by atoms with Gasteiger partial charge in [0.2, 0.25) is 0 Å². The Hall–Kier alpha value is -2.29. The zero-order valence-electron chi connectivity index (χ0n) is 16.6. The highest BCUT2D eigenvalue weighted by atomic mass is 16.5. The van der Waals surface area contributed by atoms with E-state index < -0.39 is 5.60 Å². The molecule has 1 heterocycles. The Morgan fingerprint density at radius 1 is 1.23 bits per heavy atom. The van der Waals surface area contributed by atoms with E-state index in [2.05, 4.69) is 39.8 Å². The molecule has 1 atom stereocenters. The molecule has 0 bridgehead atoms. The van der Waals surface area contributed by atoms with Crippen LogP contribution in [0.5, 0.6) is 11.5 Å². The van der Waals surface area contributed by atoms with E-state index in [0.29, 0.717) is 23.2 Å². The van der Waals surface area contributed by atoms with E-state index in [1.807, 2.05) is 18.2 Å². The van der Waals surface area contributed by atoms with E-state index in [-0.39, 0.29) is 5.75 Å². The van der Waals surface area contributed by atoms with Crippen molar-refractivity contribution in [3.63, 3.8) is 0 Å². The maximum atomic E-state index is 11.1. The molecule has 0 saturated heterocycles. The van der Waals surface area contributed by atoms with E-state index in [0.717, 1.165) is 31.2 Å². The van der Waals surface area contributed by atoms with Crippen LogP contribution in [0.2, 0.25) is 0 Å². The number of benzene rings is 1. The minimum Gasteiger partial charge on any atom is -0.506 e. The predicted molar refractivity (Wildman–Crippen MR) is 108 cm³/mol. The summed E-state index contributed by atoms with van der Waals surface area (Å²) >= 11 is 0. The third-order valence-corrected chi connectivity index (χ3v) is 4.84. The second kappa shape index (κ2) is 8.39. The molecule has 0 aliphatic carbocycles. The number of fused-ring (bicyclic) bond motifs is 1. The molecular formula is C23H30O3. The third-order valence-electron chi connectivity index (χ3n) is 4.84. The molecule has 0 radical (unpaired) electrons. The molecule has 26 heavy (non-hydrogen) atoms. The number of phenols is 1. The normalized spacial score (nSPS) is 18.9. The number of hydrogen-bond donors (Lipinski definition) is 1. The molecule has 0 saturated carbocycles. The lowest BCUT2D eigenvalue weighted by Gasteiger charge is -2.32. The highest BCUT2D eigenvalue weighted by Gasteiger charge is 2.29. The first-order valence-corrected chi connectivity index (χ1v) is 9.25. The Bertz CT molecular complexity index is 764. The monoisotopic (exact) mass is 354 g/mol. The number of hydrogen-bond acceptors (Lipinski definition) is 3. The average Bonchev–Trinajstić information content (AvgIpc) is 2.54. The van der Waals surface area contributed by atoms with Crippen LogP contribution >= 0.6 is 0 Å². The van der Waals surface area contributed by atoms with Crippen molar-refractivity contribution < 1.29 is 14.6 Å². The lowest BCUT2D eigenvalue weighted by Crippen LogP contribution is -2.31. The molecule has 0 amide bonds. The Labute approximate surface area is 157 Å². The molecule has 2 rings (SSSR count). The summed E-state index contributed by atoms with van der Waals surface area (Å²) in [6, 6.07) is 1.83. The number of aldehydes is 1. The van der Waals surface area contributed by atoms with Gasteiger partial charge in [0, 0.05) is 0 Å². The maximum Gasteiger partial charge on any atom is 0.154 e. The quantitative estimate of drug-likeness (QED) is 0.472. The summed E-state index contributed by atoms with van der Waals surface area (Å²) in [5, 5.41) is 10.3. The van der Waals surface area contributed by atoms with Gasteiger partial charge in [0.1, 0.15) is 17.1 Å². The smallest absolute Gasteiger partial charge is 0.154 e. The molecule has 3 heteroatoms. The van der Waals surface area contributed by atoms with Crippen LogP contribution in [0.1, 0.15) is 74.9 Å². The zero-order valence-corrected chi connectivity index (χ0v) is 16.6. The minimum absolute atomic E-state index is 0.00307. The van der Waals surface area contributed by atoms with Crippen LogP contribution in [0.25, 0.3) is 6.08 Å². The molecule has 1 N–H and O–H groups in total. The zero-order chi connectivity index (χ0) is 19.3. The van der Waals surface area contributed by atoms with Crippen LogP contribution in [0.3, 0.4) is 0 Å². The lowest BCUT2D eigenvalue weighted by atomic mass is 9.92. The van der Waals surface area contributed by atoms with Gasteiger partial charge in [-0.15, -0.1) is 0 Å². The standard InChI is InChI=1S/C23H30O3/c1-16(2)8-6-9-17(3)10-7-12-23(5)13-11-19-21(26-23)14-18(4)20(15-24)22(19)25/h8,10-11,13-15,25H,6-7,9,12H2,1-5H3/b17-10+/t23-/m1/s1. The van der Waals surface area contributed by atoms with Crippen molar-refractivity contribution in [2.24, 2.45) is 0 Å². The number of aryl methyl sites for hydroxylation is 1. The molecule has 3 nitrogen and oxygen atoms in total. The van der Waals surface area contributed by atoms with Gasteiger partial charge in [-0.05, 0) is 84.1 Å². The van der Waals surface area contributed by atoms with Gasteiger partial charge in [0.15, 0.2) is 6.29 Å². The van der Waals surface area contributed by atoms with Crippen molar-refractivity contribution in [2.75, 3.05) is 0 Å². The molecule has 0 unspecified atom stereocenters. The predicted octanol–water partition coefficient (Wildman–Crippen LogP) is 6.15. The largest absolute Gasteiger partial charge is 0.506 e. The molecule has 140 valence electrons. The fourth-order valence-electron chi connectivity index (χ4n) is 3.17. The first kappa shape index (κ1) is 20.0. The molecule has 1 aromatic rings. The summed E-state index contributed by atoms with van der Waals surface area (Å²) in [7, 11) is 0. The minimum atomic E-state index is -0.411. The van der Waals surface area contributed by atoms with Gasteiger partial charge in [0.05, 0.1) is 11.1 Å². The van der Waals surface area contributed by atoms with E-state index >= 15 is 0 Å². The number of allylic oxidation sites excluding steroid dienone is 4. The first-order chi connectivity index (χ1) is 12.3. The Morgan fingerprint density at radius 3 is 2.62 bits per heavy atom. The van der Waals surface area contributed by atoms with E-state index in [1.54, 1.807) is 6.92 Å². The van der Waals surface area contributed by atoms with E-state index in [1.165, 1.54) is 11.1 Å². The third kappa shape index (κ3) is 4.87. The molecule has 1 aliphatic rings. The van der Waals surface area contributed by atoms with Gasteiger partial charge in [-0.25, -0.2) is 0 Å². The highest BCUT2D eigenvalue weighted by Crippen LogP contribution is 2.40. The molecule has 0 fully saturated rings. The lowest BCUT2D eigenvalue weighted by molar-refractivity contribution is 0.111. The number of aromatic hydroxyl groups is 1. The van der Waals surface area contributed by atoms with Crippen LogP contribution in [0, 0.1) is 6.92 Å². The number of carbonyl (C=O) groups is 1. The highest BCUT2D eigenvalue weighted by molar-refractivity contribution is 5.86. The van der Waals surface area contributed by atoms with Crippen LogP contribution in [-0.2, 0) is 0 Å². The summed E-state index contributed by atoms with van der Waals surface area (Å²) in [6.07, 6.45) is 13.1. The Balaban J connectivity index is 2.04. The van der Waals surface area contributed by atoms with Gasteiger partial charge in [0.25, 0.3) is 0 Å². The first-order valence-electron chi connectivity index (χ1n) is 9.25. The van der Waals surface area contributed by atoms with Gasteiger partial charge in [-0.3, -0.25) is 4.79 Å². The van der Waals surface area contributed by atoms with Crippen LogP contribution in [0.4, 0.5) is 0 Å². The van der Waals surface area contributed by atoms with E-state index in [4.69, 9.17) is 4.74 Å². The van der Waals surface area contributed by atoms with Gasteiger partial charge in [-0.2, -0.15) is 0 Å². The second-order valence-electron chi connectivity index (χ2n) is 7.64. The fraction of sp³-hybridized carbons (Fsp3) is 0.435. The number of carbonyl (C=O) groups excluding carboxylic acids is 1. The molecular weight excluding hydrogens is 324 g/mol. The second-order valence-corrected chi connectivity index (χ2v) is 7.64. The number of phenolic OH excluding ortho intramolecular Hbond substituents is 1.